The summed E-state index contributed by atoms with van der Waals surface area (Å²) in [6.45, 7) is 0. The van der Waals surface area contributed by atoms with Crippen LogP contribution >= 0.6 is 0 Å². The number of para-hydroxylation sites is 2. The Morgan fingerprint density at radius 2 is 1.27 bits per heavy atom. The van der Waals surface area contributed by atoms with Gasteiger partial charge >= 0.3 is 0 Å². The number of piperidine rings is 1. The van der Waals surface area contributed by atoms with Crippen LogP contribution in [0, 0.1) is 11.8 Å². The van der Waals surface area contributed by atoms with Gasteiger partial charge in [-0.25, -0.2) is 0 Å². The van der Waals surface area contributed by atoms with Crippen molar-refractivity contribution < 1.29 is 14.6 Å². The maximum atomic E-state index is 11.2. The molecule has 0 aromatic heterocycles. The average Bonchev–Trinajstić information content (AvgIpc) is 2.68. The van der Waals surface area contributed by atoms with Crippen LogP contribution in [0.1, 0.15) is 42.5 Å². The monoisotopic (exact) mass is 353 g/mol. The highest BCUT2D eigenvalue weighted by Gasteiger charge is 2.47. The molecule has 5 atom stereocenters. The Bertz CT molecular complexity index is 701. The van der Waals surface area contributed by atoms with Crippen molar-refractivity contribution in [3.63, 3.8) is 0 Å². The third kappa shape index (κ3) is 2.87. The number of hydrogen-bond donors (Lipinski definition) is 2. The minimum absolute atomic E-state index is 0.0626. The van der Waals surface area contributed by atoms with Crippen LogP contribution in [0.15, 0.2) is 48.5 Å². The summed E-state index contributed by atoms with van der Waals surface area (Å²) >= 11 is 0. The molecule has 2 aromatic carbocycles. The first-order chi connectivity index (χ1) is 12.7. The van der Waals surface area contributed by atoms with Crippen LogP contribution in [0.2, 0.25) is 0 Å². The molecule has 1 aliphatic heterocycles. The Labute approximate surface area is 155 Å². The molecule has 4 rings (SSSR count). The Morgan fingerprint density at radius 1 is 0.808 bits per heavy atom. The average molecular weight is 353 g/mol. The summed E-state index contributed by atoms with van der Waals surface area (Å²) in [7, 11) is 3.42. The van der Waals surface area contributed by atoms with Gasteiger partial charge in [-0.3, -0.25) is 0 Å². The number of methoxy groups -OCH3 is 2. The number of fused-ring (bicyclic) bond motifs is 2. The van der Waals surface area contributed by atoms with Gasteiger partial charge in [0.2, 0.25) is 0 Å². The molecule has 2 bridgehead atoms. The standard InChI is InChI=1S/C22H27NO3/c1-25-18-12-5-3-8-14(18)20-16-10-7-11-17(22(16)24)21(23-20)15-9-4-6-13-19(15)26-2/h3-6,8-9,12-13,16-17,20-24H,7,10-11H2,1-2H3/t16-,17+,20+,21-,22?. The minimum atomic E-state index is -0.324. The first-order valence-corrected chi connectivity index (χ1v) is 9.44. The van der Waals surface area contributed by atoms with E-state index in [0.29, 0.717) is 0 Å². The van der Waals surface area contributed by atoms with Crippen molar-refractivity contribution in [1.82, 2.24) is 5.32 Å². The molecule has 2 aliphatic rings. The molecule has 1 unspecified atom stereocenters. The van der Waals surface area contributed by atoms with E-state index >= 15 is 0 Å². The van der Waals surface area contributed by atoms with Crippen LogP contribution in [0.5, 0.6) is 11.5 Å². The van der Waals surface area contributed by atoms with Gasteiger partial charge in [-0.05, 0) is 25.0 Å². The molecule has 2 N–H and O–H groups in total. The SMILES string of the molecule is COc1ccccc1[C@H]1N[C@@H](c2ccccc2OC)[C@H]2CCC[C@@H]1C2O. The van der Waals surface area contributed by atoms with Crippen molar-refractivity contribution >= 4 is 0 Å². The predicted octanol–water partition coefficient (Wildman–Crippen LogP) is 3.87. The van der Waals surface area contributed by atoms with E-state index in [1.54, 1.807) is 14.2 Å². The third-order valence-corrected chi connectivity index (χ3v) is 6.12. The molecule has 0 spiro atoms. The summed E-state index contributed by atoms with van der Waals surface area (Å²) in [5, 5.41) is 15.0. The second-order valence-electron chi connectivity index (χ2n) is 7.36. The zero-order chi connectivity index (χ0) is 18.1. The van der Waals surface area contributed by atoms with Crippen molar-refractivity contribution in [3.8, 4) is 11.5 Å². The number of benzene rings is 2. The minimum Gasteiger partial charge on any atom is -0.496 e. The number of rotatable bonds is 4. The predicted molar refractivity (Wildman–Crippen MR) is 101 cm³/mol. The van der Waals surface area contributed by atoms with Crippen molar-refractivity contribution in [1.29, 1.82) is 0 Å². The lowest BCUT2D eigenvalue weighted by Crippen LogP contribution is -2.53. The van der Waals surface area contributed by atoms with Crippen LogP contribution in [-0.2, 0) is 0 Å². The van der Waals surface area contributed by atoms with Gasteiger partial charge < -0.3 is 19.9 Å². The summed E-state index contributed by atoms with van der Waals surface area (Å²) in [6.07, 6.45) is 2.89. The van der Waals surface area contributed by atoms with E-state index in [-0.39, 0.29) is 30.0 Å². The molecule has 26 heavy (non-hydrogen) atoms. The largest absolute Gasteiger partial charge is 0.496 e. The van der Waals surface area contributed by atoms with Gasteiger partial charge in [-0.15, -0.1) is 0 Å². The quantitative estimate of drug-likeness (QED) is 0.876. The fraction of sp³-hybridized carbons (Fsp3) is 0.455. The first-order valence-electron chi connectivity index (χ1n) is 9.44. The van der Waals surface area contributed by atoms with Crippen LogP contribution < -0.4 is 14.8 Å². The lowest BCUT2D eigenvalue weighted by atomic mass is 9.66. The Balaban J connectivity index is 1.77. The highest BCUT2D eigenvalue weighted by Crippen LogP contribution is 2.50. The van der Waals surface area contributed by atoms with Crippen molar-refractivity contribution in [2.24, 2.45) is 11.8 Å². The molecule has 1 saturated heterocycles. The Hall–Kier alpha value is -2.04. The fourth-order valence-corrected chi connectivity index (χ4v) is 4.90. The second-order valence-corrected chi connectivity index (χ2v) is 7.36. The topological polar surface area (TPSA) is 50.7 Å². The van der Waals surface area contributed by atoms with Crippen LogP contribution in [0.4, 0.5) is 0 Å². The van der Waals surface area contributed by atoms with Crippen LogP contribution in [0.3, 0.4) is 0 Å². The number of hydrogen-bond acceptors (Lipinski definition) is 4. The van der Waals surface area contributed by atoms with Gasteiger partial charge in [0.25, 0.3) is 0 Å². The van der Waals surface area contributed by atoms with Gasteiger partial charge in [0.15, 0.2) is 0 Å². The number of aliphatic hydroxyl groups is 1. The molecule has 0 radical (unpaired) electrons. The molecule has 4 heteroatoms. The number of ether oxygens (including phenoxy) is 2. The second kappa shape index (κ2) is 7.29. The van der Waals surface area contributed by atoms with Crippen LogP contribution in [0.25, 0.3) is 0 Å². The maximum absolute atomic E-state index is 11.2. The molecule has 0 amide bonds. The normalized spacial score (nSPS) is 30.7. The van der Waals surface area contributed by atoms with Crippen LogP contribution in [-0.4, -0.2) is 25.4 Å². The number of nitrogens with one attached hydrogen (secondary N) is 1. The fourth-order valence-electron chi connectivity index (χ4n) is 4.90. The van der Waals surface area contributed by atoms with Gasteiger partial charge in [0, 0.05) is 35.0 Å². The van der Waals surface area contributed by atoms with Gasteiger partial charge in [-0.1, -0.05) is 42.8 Å². The highest BCUT2D eigenvalue weighted by atomic mass is 16.5. The van der Waals surface area contributed by atoms with E-state index in [1.807, 2.05) is 36.4 Å². The molecule has 1 aliphatic carbocycles. The first kappa shape index (κ1) is 17.4. The zero-order valence-electron chi connectivity index (χ0n) is 15.4. The van der Waals surface area contributed by atoms with Gasteiger partial charge in [0.05, 0.1) is 20.3 Å². The summed E-state index contributed by atoms with van der Waals surface area (Å²) < 4.78 is 11.2. The smallest absolute Gasteiger partial charge is 0.123 e. The molecule has 2 fully saturated rings. The van der Waals surface area contributed by atoms with Gasteiger partial charge in [0.1, 0.15) is 11.5 Å². The van der Waals surface area contributed by atoms with Gasteiger partial charge in [-0.2, -0.15) is 0 Å². The summed E-state index contributed by atoms with van der Waals surface area (Å²) in [4.78, 5) is 0. The van der Waals surface area contributed by atoms with Crippen molar-refractivity contribution in [3.05, 3.63) is 59.7 Å². The van der Waals surface area contributed by atoms with E-state index in [9.17, 15) is 5.11 Å². The van der Waals surface area contributed by atoms with Crippen molar-refractivity contribution in [2.45, 2.75) is 37.5 Å². The van der Waals surface area contributed by atoms with E-state index < -0.39 is 0 Å². The summed E-state index contributed by atoms with van der Waals surface area (Å²) in [6, 6.07) is 16.4. The Morgan fingerprint density at radius 3 is 1.73 bits per heavy atom. The molecule has 1 saturated carbocycles. The molecule has 2 aromatic rings. The third-order valence-electron chi connectivity index (χ3n) is 6.12. The van der Waals surface area contributed by atoms with E-state index in [2.05, 4.69) is 17.4 Å². The van der Waals surface area contributed by atoms with E-state index in [1.165, 1.54) is 0 Å². The lowest BCUT2D eigenvalue weighted by Gasteiger charge is -2.50. The van der Waals surface area contributed by atoms with Crippen molar-refractivity contribution in [2.75, 3.05) is 14.2 Å². The molecular formula is C22H27NO3. The van der Waals surface area contributed by atoms with E-state index in [4.69, 9.17) is 9.47 Å². The molecule has 4 nitrogen and oxygen atoms in total. The number of aliphatic hydroxyl groups excluding tert-OH is 1. The van der Waals surface area contributed by atoms with E-state index in [0.717, 1.165) is 41.9 Å². The molecular weight excluding hydrogens is 326 g/mol. The zero-order valence-corrected chi connectivity index (χ0v) is 15.4. The summed E-state index contributed by atoms with van der Waals surface area (Å²) in [5.41, 5.74) is 2.25. The lowest BCUT2D eigenvalue weighted by molar-refractivity contribution is -0.0523. The Kier molecular flexibility index (Phi) is 4.88. The molecule has 138 valence electrons. The molecule has 1 heterocycles. The highest BCUT2D eigenvalue weighted by molar-refractivity contribution is 5.40. The summed E-state index contributed by atoms with van der Waals surface area (Å²) in [5.74, 6) is 2.16. The maximum Gasteiger partial charge on any atom is 0.123 e.